The molecular formula is C22H35N3O4. The summed E-state index contributed by atoms with van der Waals surface area (Å²) < 4.78 is 10.7. The monoisotopic (exact) mass is 405 g/mol. The van der Waals surface area contributed by atoms with Crippen LogP contribution in [0.25, 0.3) is 0 Å². The summed E-state index contributed by atoms with van der Waals surface area (Å²) in [7, 11) is 1.77. The number of alkyl carbamates (subject to hydrolysis) is 1. The number of amides is 2. The lowest BCUT2D eigenvalue weighted by atomic mass is 10.1. The molecule has 1 N–H and O–H groups in total. The molecule has 0 saturated carbocycles. The number of likely N-dealkylation sites (tertiary alicyclic amines) is 1. The predicted molar refractivity (Wildman–Crippen MR) is 113 cm³/mol. The predicted octanol–water partition coefficient (Wildman–Crippen LogP) is 3.63. The molecular weight excluding hydrogens is 370 g/mol. The van der Waals surface area contributed by atoms with E-state index < -0.39 is 5.60 Å². The molecule has 7 heteroatoms. The lowest BCUT2D eigenvalue weighted by Gasteiger charge is -2.32. The number of benzene rings is 1. The Balaban J connectivity index is 1.58. The molecule has 0 aliphatic carbocycles. The SMILES string of the molecule is CN(CCCN1CCC(NC(=O)OCc2ccccc2)CC1)C(=O)OC(C)(C)C. The van der Waals surface area contributed by atoms with Crippen LogP contribution in [0.5, 0.6) is 0 Å². The topological polar surface area (TPSA) is 71.1 Å². The van der Waals surface area contributed by atoms with Crippen molar-refractivity contribution >= 4 is 12.2 Å². The molecule has 1 aromatic carbocycles. The maximum Gasteiger partial charge on any atom is 0.410 e. The van der Waals surface area contributed by atoms with Gasteiger partial charge in [0.15, 0.2) is 0 Å². The standard InChI is InChI=1S/C22H35N3O4/c1-22(2,3)29-21(27)24(4)13-8-14-25-15-11-19(12-16-25)23-20(26)28-17-18-9-6-5-7-10-18/h5-7,9-10,19H,8,11-17H2,1-4H3,(H,23,26). The molecule has 1 fully saturated rings. The number of carbonyl (C=O) groups is 2. The summed E-state index contributed by atoms with van der Waals surface area (Å²) >= 11 is 0. The maximum absolute atomic E-state index is 12.0. The summed E-state index contributed by atoms with van der Waals surface area (Å²) in [6.45, 7) is 9.35. The van der Waals surface area contributed by atoms with Crippen molar-refractivity contribution in [2.45, 2.75) is 58.3 Å². The highest BCUT2D eigenvalue weighted by Crippen LogP contribution is 2.12. The molecule has 1 aliphatic rings. The van der Waals surface area contributed by atoms with Crippen molar-refractivity contribution in [1.82, 2.24) is 15.1 Å². The second kappa shape index (κ2) is 11.0. The fraction of sp³-hybridized carbons (Fsp3) is 0.636. The summed E-state index contributed by atoms with van der Waals surface area (Å²) in [4.78, 5) is 27.9. The smallest absolute Gasteiger partial charge is 0.410 e. The Labute approximate surface area is 174 Å². The van der Waals surface area contributed by atoms with Gasteiger partial charge in [0.1, 0.15) is 12.2 Å². The lowest BCUT2D eigenvalue weighted by Crippen LogP contribution is -2.45. The first kappa shape index (κ1) is 23.0. The van der Waals surface area contributed by atoms with E-state index in [-0.39, 0.29) is 24.8 Å². The normalized spacial score (nSPS) is 15.6. The molecule has 1 aliphatic heterocycles. The van der Waals surface area contributed by atoms with Gasteiger partial charge in [-0.3, -0.25) is 0 Å². The van der Waals surface area contributed by atoms with E-state index in [9.17, 15) is 9.59 Å². The number of hydrogen-bond acceptors (Lipinski definition) is 5. The van der Waals surface area contributed by atoms with Gasteiger partial charge in [0.05, 0.1) is 0 Å². The summed E-state index contributed by atoms with van der Waals surface area (Å²) in [5.41, 5.74) is 0.511. The largest absolute Gasteiger partial charge is 0.445 e. The number of nitrogens with zero attached hydrogens (tertiary/aromatic N) is 2. The van der Waals surface area contributed by atoms with E-state index in [1.807, 2.05) is 51.1 Å². The van der Waals surface area contributed by atoms with E-state index >= 15 is 0 Å². The quantitative estimate of drug-likeness (QED) is 0.750. The van der Waals surface area contributed by atoms with Gasteiger partial charge in [-0.1, -0.05) is 30.3 Å². The van der Waals surface area contributed by atoms with Gasteiger partial charge in [0.25, 0.3) is 0 Å². The Hall–Kier alpha value is -2.28. The van der Waals surface area contributed by atoms with Gasteiger partial charge in [0.2, 0.25) is 0 Å². The number of piperidine rings is 1. The van der Waals surface area contributed by atoms with E-state index in [1.165, 1.54) is 0 Å². The molecule has 0 spiro atoms. The maximum atomic E-state index is 12.0. The van der Waals surface area contributed by atoms with Gasteiger partial charge in [-0.15, -0.1) is 0 Å². The van der Waals surface area contributed by atoms with Crippen molar-refractivity contribution in [2.75, 3.05) is 33.2 Å². The molecule has 0 radical (unpaired) electrons. The molecule has 0 atom stereocenters. The van der Waals surface area contributed by atoms with Crippen molar-refractivity contribution in [3.8, 4) is 0 Å². The molecule has 7 nitrogen and oxygen atoms in total. The summed E-state index contributed by atoms with van der Waals surface area (Å²) in [5, 5.41) is 2.96. The second-order valence-corrected chi connectivity index (χ2v) is 8.58. The summed E-state index contributed by atoms with van der Waals surface area (Å²) in [6.07, 6.45) is 2.07. The lowest BCUT2D eigenvalue weighted by molar-refractivity contribution is 0.0291. The first-order valence-corrected chi connectivity index (χ1v) is 10.4. The fourth-order valence-electron chi connectivity index (χ4n) is 3.19. The molecule has 0 aromatic heterocycles. The molecule has 29 heavy (non-hydrogen) atoms. The van der Waals surface area contributed by atoms with Gasteiger partial charge in [-0.05, 0) is 52.1 Å². The van der Waals surface area contributed by atoms with Crippen LogP contribution in [0.15, 0.2) is 30.3 Å². The molecule has 2 rings (SSSR count). The Kier molecular flexibility index (Phi) is 8.76. The molecule has 0 unspecified atom stereocenters. The highest BCUT2D eigenvalue weighted by molar-refractivity contribution is 5.68. The van der Waals surface area contributed by atoms with Gasteiger partial charge < -0.3 is 24.6 Å². The first-order chi connectivity index (χ1) is 13.7. The third kappa shape index (κ3) is 9.17. The second-order valence-electron chi connectivity index (χ2n) is 8.58. The van der Waals surface area contributed by atoms with Gasteiger partial charge in [-0.25, -0.2) is 9.59 Å². The van der Waals surface area contributed by atoms with E-state index in [2.05, 4.69) is 10.2 Å². The molecule has 2 amide bonds. The Morgan fingerprint density at radius 1 is 1.17 bits per heavy atom. The van der Waals surface area contributed by atoms with Gasteiger partial charge in [-0.2, -0.15) is 0 Å². The van der Waals surface area contributed by atoms with E-state index in [0.717, 1.165) is 44.5 Å². The van der Waals surface area contributed by atoms with Crippen molar-refractivity contribution in [2.24, 2.45) is 0 Å². The van der Waals surface area contributed by atoms with Crippen molar-refractivity contribution in [3.63, 3.8) is 0 Å². The van der Waals surface area contributed by atoms with Crippen molar-refractivity contribution in [3.05, 3.63) is 35.9 Å². The van der Waals surface area contributed by atoms with Crippen LogP contribution < -0.4 is 5.32 Å². The first-order valence-electron chi connectivity index (χ1n) is 10.4. The number of nitrogens with one attached hydrogen (secondary N) is 1. The number of rotatable bonds is 7. The number of ether oxygens (including phenoxy) is 2. The van der Waals surface area contributed by atoms with Crippen molar-refractivity contribution in [1.29, 1.82) is 0 Å². The average Bonchev–Trinajstić information content (AvgIpc) is 2.67. The molecule has 1 saturated heterocycles. The zero-order valence-corrected chi connectivity index (χ0v) is 18.1. The third-order valence-corrected chi connectivity index (χ3v) is 4.80. The van der Waals surface area contributed by atoms with Crippen LogP contribution in [0.3, 0.4) is 0 Å². The van der Waals surface area contributed by atoms with E-state index in [4.69, 9.17) is 9.47 Å². The Bertz CT molecular complexity index is 637. The minimum atomic E-state index is -0.470. The van der Waals surface area contributed by atoms with Crippen molar-refractivity contribution < 1.29 is 19.1 Å². The minimum Gasteiger partial charge on any atom is -0.445 e. The van der Waals surface area contributed by atoms with Gasteiger partial charge >= 0.3 is 12.2 Å². The van der Waals surface area contributed by atoms with Crippen LogP contribution in [0.4, 0.5) is 9.59 Å². The minimum absolute atomic E-state index is 0.152. The number of carbonyl (C=O) groups excluding carboxylic acids is 2. The third-order valence-electron chi connectivity index (χ3n) is 4.80. The molecule has 0 bridgehead atoms. The van der Waals surface area contributed by atoms with Crippen LogP contribution in [0, 0.1) is 0 Å². The zero-order chi connectivity index (χ0) is 21.3. The van der Waals surface area contributed by atoms with Gasteiger partial charge in [0, 0.05) is 32.7 Å². The fourth-order valence-corrected chi connectivity index (χ4v) is 3.19. The van der Waals surface area contributed by atoms with E-state index in [1.54, 1.807) is 11.9 Å². The number of hydrogen-bond donors (Lipinski definition) is 1. The summed E-state index contributed by atoms with van der Waals surface area (Å²) in [6, 6.07) is 9.82. The summed E-state index contributed by atoms with van der Waals surface area (Å²) in [5.74, 6) is 0. The average molecular weight is 406 g/mol. The highest BCUT2D eigenvalue weighted by atomic mass is 16.6. The van der Waals surface area contributed by atoms with Crippen LogP contribution >= 0.6 is 0 Å². The molecule has 162 valence electrons. The highest BCUT2D eigenvalue weighted by Gasteiger charge is 2.22. The van der Waals surface area contributed by atoms with Crippen LogP contribution in [-0.2, 0) is 16.1 Å². The zero-order valence-electron chi connectivity index (χ0n) is 18.1. The van der Waals surface area contributed by atoms with Crippen LogP contribution in [0.1, 0.15) is 45.6 Å². The van der Waals surface area contributed by atoms with Crippen LogP contribution in [-0.4, -0.2) is 66.9 Å². The Morgan fingerprint density at radius 2 is 1.83 bits per heavy atom. The molecule has 1 aromatic rings. The van der Waals surface area contributed by atoms with Crippen LogP contribution in [0.2, 0.25) is 0 Å². The molecule has 1 heterocycles. The van der Waals surface area contributed by atoms with E-state index in [0.29, 0.717) is 6.54 Å². The Morgan fingerprint density at radius 3 is 2.45 bits per heavy atom.